The Labute approximate surface area is 61.5 Å². The molecule has 0 unspecified atom stereocenters. The minimum Gasteiger partial charge on any atom is -0.469 e. The summed E-state index contributed by atoms with van der Waals surface area (Å²) in [5, 5.41) is 0. The molecule has 10 heavy (non-hydrogen) atoms. The third kappa shape index (κ3) is 4.32. The molecule has 0 saturated heterocycles. The predicted octanol–water partition coefficient (Wildman–Crippen LogP) is 0.677. The van der Waals surface area contributed by atoms with Crippen molar-refractivity contribution in [3.63, 3.8) is 0 Å². The van der Waals surface area contributed by atoms with Crippen LogP contribution in [0.3, 0.4) is 0 Å². The average molecular weight is 145 g/mol. The van der Waals surface area contributed by atoms with Crippen molar-refractivity contribution < 1.29 is 9.53 Å². The van der Waals surface area contributed by atoms with Gasteiger partial charge in [0.1, 0.15) is 0 Å². The van der Waals surface area contributed by atoms with Gasteiger partial charge in [-0.2, -0.15) is 0 Å². The molecule has 0 fully saturated rings. The van der Waals surface area contributed by atoms with E-state index in [1.807, 2.05) is 6.92 Å². The van der Waals surface area contributed by atoms with Gasteiger partial charge in [-0.25, -0.2) is 0 Å². The Balaban J connectivity index is 3.26. The highest BCUT2D eigenvalue weighted by atomic mass is 16.5. The number of methoxy groups -OCH3 is 1. The van der Waals surface area contributed by atoms with Crippen LogP contribution in [0.25, 0.3) is 0 Å². The van der Waals surface area contributed by atoms with Crippen molar-refractivity contribution in [2.24, 2.45) is 5.73 Å². The molecule has 3 heteroatoms. The van der Waals surface area contributed by atoms with E-state index in [0.29, 0.717) is 6.42 Å². The van der Waals surface area contributed by atoms with Crippen LogP contribution in [0.4, 0.5) is 0 Å². The van der Waals surface area contributed by atoms with Crippen molar-refractivity contribution in [3.05, 3.63) is 0 Å². The SMILES string of the molecule is CC[C@@H](N)CCC(=O)OC. The van der Waals surface area contributed by atoms with Crippen LogP contribution >= 0.6 is 0 Å². The molecule has 0 aromatic carbocycles. The standard InChI is InChI=1S/C7H15NO2/c1-3-6(8)4-5-7(9)10-2/h6H,3-5,8H2,1-2H3/t6-/m1/s1. The van der Waals surface area contributed by atoms with Crippen molar-refractivity contribution >= 4 is 5.97 Å². The van der Waals surface area contributed by atoms with Crippen LogP contribution in [0.15, 0.2) is 0 Å². The van der Waals surface area contributed by atoms with E-state index in [0.717, 1.165) is 12.8 Å². The van der Waals surface area contributed by atoms with Gasteiger partial charge in [0.2, 0.25) is 0 Å². The van der Waals surface area contributed by atoms with E-state index >= 15 is 0 Å². The third-order valence-electron chi connectivity index (χ3n) is 1.47. The minimum absolute atomic E-state index is 0.138. The molecule has 60 valence electrons. The average Bonchev–Trinajstić information content (AvgIpc) is 1.99. The maximum Gasteiger partial charge on any atom is 0.305 e. The lowest BCUT2D eigenvalue weighted by molar-refractivity contribution is -0.140. The van der Waals surface area contributed by atoms with Gasteiger partial charge < -0.3 is 10.5 Å². The molecule has 0 aliphatic carbocycles. The first-order valence-corrected chi connectivity index (χ1v) is 3.53. The fraction of sp³-hybridized carbons (Fsp3) is 0.857. The van der Waals surface area contributed by atoms with Crippen molar-refractivity contribution in [1.82, 2.24) is 0 Å². The van der Waals surface area contributed by atoms with Gasteiger partial charge in [0.05, 0.1) is 7.11 Å². The molecule has 0 spiro atoms. The van der Waals surface area contributed by atoms with Crippen LogP contribution in [0.1, 0.15) is 26.2 Å². The number of ether oxygens (including phenoxy) is 1. The predicted molar refractivity (Wildman–Crippen MR) is 39.5 cm³/mol. The lowest BCUT2D eigenvalue weighted by Gasteiger charge is -2.05. The summed E-state index contributed by atoms with van der Waals surface area (Å²) in [5.41, 5.74) is 5.57. The van der Waals surface area contributed by atoms with Gasteiger partial charge >= 0.3 is 5.97 Å². The fourth-order valence-electron chi connectivity index (χ4n) is 0.609. The van der Waals surface area contributed by atoms with E-state index in [2.05, 4.69) is 4.74 Å². The number of hydrogen-bond donors (Lipinski definition) is 1. The Morgan fingerprint density at radius 2 is 2.30 bits per heavy atom. The summed E-state index contributed by atoms with van der Waals surface area (Å²) < 4.78 is 4.45. The van der Waals surface area contributed by atoms with E-state index < -0.39 is 0 Å². The van der Waals surface area contributed by atoms with Crippen molar-refractivity contribution in [2.45, 2.75) is 32.2 Å². The van der Waals surface area contributed by atoms with Gasteiger partial charge in [-0.15, -0.1) is 0 Å². The number of nitrogens with two attached hydrogens (primary N) is 1. The van der Waals surface area contributed by atoms with Crippen LogP contribution in [0, 0.1) is 0 Å². The Morgan fingerprint density at radius 1 is 1.70 bits per heavy atom. The quantitative estimate of drug-likeness (QED) is 0.592. The van der Waals surface area contributed by atoms with Crippen molar-refractivity contribution in [2.75, 3.05) is 7.11 Å². The number of esters is 1. The molecule has 0 heterocycles. The summed E-state index contributed by atoms with van der Waals surface area (Å²) >= 11 is 0. The number of rotatable bonds is 4. The Hall–Kier alpha value is -0.570. The normalized spacial score (nSPS) is 12.7. The number of carbonyl (C=O) groups is 1. The van der Waals surface area contributed by atoms with E-state index in [1.165, 1.54) is 7.11 Å². The number of carbonyl (C=O) groups excluding carboxylic acids is 1. The topological polar surface area (TPSA) is 52.3 Å². The Morgan fingerprint density at radius 3 is 2.70 bits per heavy atom. The molecule has 0 aliphatic heterocycles. The molecular formula is C7H15NO2. The molecule has 0 bridgehead atoms. The summed E-state index contributed by atoms with van der Waals surface area (Å²) in [5.74, 6) is -0.177. The summed E-state index contributed by atoms with van der Waals surface area (Å²) in [4.78, 5) is 10.6. The molecule has 2 N–H and O–H groups in total. The molecule has 0 radical (unpaired) electrons. The van der Waals surface area contributed by atoms with E-state index in [4.69, 9.17) is 5.73 Å². The van der Waals surface area contributed by atoms with Gasteiger partial charge in [-0.1, -0.05) is 6.92 Å². The van der Waals surface area contributed by atoms with E-state index in [-0.39, 0.29) is 12.0 Å². The second-order valence-electron chi connectivity index (χ2n) is 2.28. The van der Waals surface area contributed by atoms with Crippen molar-refractivity contribution in [1.29, 1.82) is 0 Å². The highest BCUT2D eigenvalue weighted by Crippen LogP contribution is 1.98. The lowest BCUT2D eigenvalue weighted by Crippen LogP contribution is -2.19. The largest absolute Gasteiger partial charge is 0.469 e. The zero-order valence-corrected chi connectivity index (χ0v) is 6.59. The van der Waals surface area contributed by atoms with Gasteiger partial charge in [-0.05, 0) is 12.8 Å². The van der Waals surface area contributed by atoms with Crippen molar-refractivity contribution in [3.8, 4) is 0 Å². The minimum atomic E-state index is -0.177. The molecule has 0 aliphatic rings. The molecule has 0 aromatic rings. The van der Waals surface area contributed by atoms with Crippen LogP contribution < -0.4 is 5.73 Å². The molecule has 3 nitrogen and oxygen atoms in total. The fourth-order valence-corrected chi connectivity index (χ4v) is 0.609. The summed E-state index contributed by atoms with van der Waals surface area (Å²) in [7, 11) is 1.39. The zero-order chi connectivity index (χ0) is 7.98. The van der Waals surface area contributed by atoms with E-state index in [1.54, 1.807) is 0 Å². The maximum atomic E-state index is 10.6. The van der Waals surface area contributed by atoms with Crippen LogP contribution in [-0.2, 0) is 9.53 Å². The first-order chi connectivity index (χ1) is 4.70. The third-order valence-corrected chi connectivity index (χ3v) is 1.47. The highest BCUT2D eigenvalue weighted by Gasteiger charge is 2.03. The molecule has 0 amide bonds. The first kappa shape index (κ1) is 9.43. The summed E-state index contributed by atoms with van der Waals surface area (Å²) in [6.07, 6.45) is 2.08. The smallest absolute Gasteiger partial charge is 0.305 e. The number of hydrogen-bond acceptors (Lipinski definition) is 3. The van der Waals surface area contributed by atoms with Gasteiger partial charge in [-0.3, -0.25) is 4.79 Å². The van der Waals surface area contributed by atoms with Gasteiger partial charge in [0.25, 0.3) is 0 Å². The second-order valence-corrected chi connectivity index (χ2v) is 2.28. The zero-order valence-electron chi connectivity index (χ0n) is 6.59. The molecule has 0 aromatic heterocycles. The Bertz CT molecular complexity index is 104. The van der Waals surface area contributed by atoms with Gasteiger partial charge in [0, 0.05) is 12.5 Å². The second kappa shape index (κ2) is 5.23. The summed E-state index contributed by atoms with van der Waals surface area (Å²) in [6, 6.07) is 0.138. The van der Waals surface area contributed by atoms with E-state index in [9.17, 15) is 4.79 Å². The highest BCUT2D eigenvalue weighted by molar-refractivity contribution is 5.69. The Kier molecular flexibility index (Phi) is 4.94. The van der Waals surface area contributed by atoms with Crippen LogP contribution in [-0.4, -0.2) is 19.1 Å². The van der Waals surface area contributed by atoms with Crippen LogP contribution in [0.5, 0.6) is 0 Å². The van der Waals surface area contributed by atoms with Crippen LogP contribution in [0.2, 0.25) is 0 Å². The lowest BCUT2D eigenvalue weighted by atomic mass is 10.1. The summed E-state index contributed by atoms with van der Waals surface area (Å²) in [6.45, 7) is 2.00. The first-order valence-electron chi connectivity index (χ1n) is 3.53. The maximum absolute atomic E-state index is 10.6. The molecular weight excluding hydrogens is 130 g/mol. The monoisotopic (exact) mass is 145 g/mol. The van der Waals surface area contributed by atoms with Gasteiger partial charge in [0.15, 0.2) is 0 Å². The molecule has 1 atom stereocenters. The molecule has 0 rings (SSSR count). The molecule has 0 saturated carbocycles.